The fourth-order valence-corrected chi connectivity index (χ4v) is 4.21. The normalized spacial score (nSPS) is 13.4. The van der Waals surface area contributed by atoms with Gasteiger partial charge in [-0.3, -0.25) is 4.79 Å². The van der Waals surface area contributed by atoms with E-state index in [1.807, 2.05) is 0 Å². The lowest BCUT2D eigenvalue weighted by Crippen LogP contribution is -2.20. The number of nitrogens with zero attached hydrogens (tertiary/aromatic N) is 2. The second-order valence-corrected chi connectivity index (χ2v) is 9.68. The number of aromatic nitrogens is 2. The molecular weight excluding hydrogens is 645 g/mol. The fraction of sp³-hybridized carbons (Fsp3) is 0.174. The van der Waals surface area contributed by atoms with E-state index in [9.17, 15) is 35.5 Å². The Morgan fingerprint density at radius 1 is 0.923 bits per heavy atom. The molecule has 3 rings (SSSR count). The van der Waals surface area contributed by atoms with Crippen molar-refractivity contribution >= 4 is 75.3 Å². The summed E-state index contributed by atoms with van der Waals surface area (Å²) in [6.07, 6.45) is -10.2. The molecule has 16 heteroatoms. The molecular formula is C23H11Cl5F7N3O. The zero-order chi connectivity index (χ0) is 29.3. The SMILES string of the molecule is O=C(CNc1cc(Cl)nnc1Cl)c1ccc(/C(F)=C/C(c2cc(Cl)c(Cl)c(Cl)c2)C(F)(F)F)cc1C(F)(F)F. The van der Waals surface area contributed by atoms with E-state index in [2.05, 4.69) is 15.5 Å². The van der Waals surface area contributed by atoms with Crippen LogP contribution in [0, 0.1) is 0 Å². The first kappa shape index (κ1) is 31.2. The molecule has 39 heavy (non-hydrogen) atoms. The summed E-state index contributed by atoms with van der Waals surface area (Å²) in [5.41, 5.74) is -3.91. The van der Waals surface area contributed by atoms with Gasteiger partial charge in [-0.2, -0.15) is 26.3 Å². The van der Waals surface area contributed by atoms with E-state index in [-0.39, 0.29) is 43.2 Å². The van der Waals surface area contributed by atoms with Gasteiger partial charge >= 0.3 is 12.4 Å². The number of benzene rings is 2. The van der Waals surface area contributed by atoms with Crippen LogP contribution in [0.25, 0.3) is 5.83 Å². The maximum atomic E-state index is 15.0. The van der Waals surface area contributed by atoms with Gasteiger partial charge in [0.05, 0.1) is 32.9 Å². The summed E-state index contributed by atoms with van der Waals surface area (Å²) in [5, 5.41) is 8.13. The second-order valence-electron chi connectivity index (χ2n) is 7.74. The van der Waals surface area contributed by atoms with E-state index in [0.717, 1.165) is 18.2 Å². The number of halogens is 12. The van der Waals surface area contributed by atoms with Gasteiger partial charge in [-0.05, 0) is 29.8 Å². The minimum absolute atomic E-state index is 0.00442. The number of hydrogen-bond donors (Lipinski definition) is 1. The highest BCUT2D eigenvalue weighted by atomic mass is 35.5. The van der Waals surface area contributed by atoms with Crippen LogP contribution in [-0.2, 0) is 6.18 Å². The summed E-state index contributed by atoms with van der Waals surface area (Å²) in [6, 6.07) is 4.41. The minimum Gasteiger partial charge on any atom is -0.375 e. The van der Waals surface area contributed by atoms with E-state index in [4.69, 9.17) is 58.0 Å². The Morgan fingerprint density at radius 2 is 1.54 bits per heavy atom. The van der Waals surface area contributed by atoms with Gasteiger partial charge in [-0.25, -0.2) is 4.39 Å². The summed E-state index contributed by atoms with van der Waals surface area (Å²) in [5.74, 6) is -5.39. The van der Waals surface area contributed by atoms with Gasteiger partial charge in [0.1, 0.15) is 11.7 Å². The molecule has 4 nitrogen and oxygen atoms in total. The molecule has 0 aliphatic carbocycles. The van der Waals surface area contributed by atoms with Crippen LogP contribution < -0.4 is 5.32 Å². The molecule has 0 saturated carbocycles. The number of rotatable bonds is 7. The molecule has 1 heterocycles. The molecule has 2 aromatic carbocycles. The number of carbonyl (C=O) groups excluding carboxylic acids is 1. The van der Waals surface area contributed by atoms with Crippen LogP contribution in [0.4, 0.5) is 36.4 Å². The van der Waals surface area contributed by atoms with Crippen molar-refractivity contribution in [1.29, 1.82) is 0 Å². The van der Waals surface area contributed by atoms with Crippen molar-refractivity contribution in [2.24, 2.45) is 0 Å². The van der Waals surface area contributed by atoms with Crippen LogP contribution in [0.3, 0.4) is 0 Å². The summed E-state index contributed by atoms with van der Waals surface area (Å²) in [6.45, 7) is -0.712. The van der Waals surface area contributed by atoms with Gasteiger partial charge in [-0.1, -0.05) is 70.1 Å². The van der Waals surface area contributed by atoms with E-state index >= 15 is 0 Å². The number of alkyl halides is 6. The number of allylic oxidation sites excluding steroid dienone is 1. The quantitative estimate of drug-likeness (QED) is 0.157. The third-order valence-corrected chi connectivity index (χ3v) is 6.75. The largest absolute Gasteiger partial charge is 0.417 e. The van der Waals surface area contributed by atoms with Crippen LogP contribution in [0.1, 0.15) is 33.0 Å². The first-order valence-electron chi connectivity index (χ1n) is 10.2. The molecule has 3 aromatic rings. The number of Topliss-reactive ketones (excluding diaryl/α,β-unsaturated/α-hetero) is 1. The van der Waals surface area contributed by atoms with Crippen molar-refractivity contribution in [3.63, 3.8) is 0 Å². The van der Waals surface area contributed by atoms with Crippen LogP contribution in [0.15, 0.2) is 42.5 Å². The lowest BCUT2D eigenvalue weighted by atomic mass is 9.95. The number of ketones is 1. The maximum Gasteiger partial charge on any atom is 0.417 e. The molecule has 1 N–H and O–H groups in total. The Hall–Kier alpha value is -2.31. The Morgan fingerprint density at radius 3 is 2.10 bits per heavy atom. The van der Waals surface area contributed by atoms with Gasteiger partial charge in [0, 0.05) is 17.2 Å². The van der Waals surface area contributed by atoms with Gasteiger partial charge in [0.25, 0.3) is 0 Å². The van der Waals surface area contributed by atoms with Gasteiger partial charge < -0.3 is 5.32 Å². The third kappa shape index (κ3) is 7.67. The summed E-state index contributed by atoms with van der Waals surface area (Å²) in [4.78, 5) is 12.6. The monoisotopic (exact) mass is 653 g/mol. The maximum absolute atomic E-state index is 15.0. The zero-order valence-electron chi connectivity index (χ0n) is 18.7. The molecule has 0 radical (unpaired) electrons. The Kier molecular flexibility index (Phi) is 9.65. The second kappa shape index (κ2) is 12.1. The van der Waals surface area contributed by atoms with Crippen molar-refractivity contribution in [1.82, 2.24) is 10.2 Å². The highest BCUT2D eigenvalue weighted by Gasteiger charge is 2.41. The molecule has 0 fully saturated rings. The molecule has 1 aromatic heterocycles. The smallest absolute Gasteiger partial charge is 0.375 e. The van der Waals surface area contributed by atoms with Gasteiger partial charge in [-0.15, -0.1) is 10.2 Å². The molecule has 0 aliphatic rings. The zero-order valence-corrected chi connectivity index (χ0v) is 22.4. The molecule has 0 aliphatic heterocycles. The predicted molar refractivity (Wildman–Crippen MR) is 136 cm³/mol. The summed E-state index contributed by atoms with van der Waals surface area (Å²) < 4.78 is 97.7. The Bertz CT molecular complexity index is 1420. The molecule has 208 valence electrons. The Labute approximate surface area is 240 Å². The molecule has 1 atom stereocenters. The molecule has 0 amide bonds. The number of carbonyl (C=O) groups is 1. The Balaban J connectivity index is 1.99. The molecule has 0 spiro atoms. The number of hydrogen-bond acceptors (Lipinski definition) is 4. The fourth-order valence-electron chi connectivity index (χ4n) is 3.30. The predicted octanol–water partition coefficient (Wildman–Crippen LogP) is 9.71. The standard InChI is InChI=1S/C23H11Cl5F7N3O/c24-14-4-10(5-15(25)20(14)27)12(22(30,31)32)6-16(29)9-1-2-11(13(3-9)23(33,34)35)18(39)8-36-17-7-19(26)37-38-21(17)28/h1-7,12H,8H2,(H,36,37)/b16-6-. The average Bonchev–Trinajstić information content (AvgIpc) is 2.84. The van der Waals surface area contributed by atoms with Gasteiger partial charge in [0.2, 0.25) is 0 Å². The van der Waals surface area contributed by atoms with Crippen molar-refractivity contribution in [3.05, 3.63) is 90.1 Å². The van der Waals surface area contributed by atoms with E-state index < -0.39 is 58.7 Å². The van der Waals surface area contributed by atoms with Crippen molar-refractivity contribution in [2.45, 2.75) is 18.3 Å². The van der Waals surface area contributed by atoms with Crippen molar-refractivity contribution < 1.29 is 35.5 Å². The molecule has 1 unspecified atom stereocenters. The van der Waals surface area contributed by atoms with E-state index in [0.29, 0.717) is 6.07 Å². The third-order valence-electron chi connectivity index (χ3n) is 5.09. The highest BCUT2D eigenvalue weighted by Crippen LogP contribution is 2.43. The highest BCUT2D eigenvalue weighted by molar-refractivity contribution is 6.48. The lowest BCUT2D eigenvalue weighted by molar-refractivity contribution is -0.140. The molecule has 0 saturated heterocycles. The van der Waals surface area contributed by atoms with E-state index in [1.165, 1.54) is 6.07 Å². The molecule has 0 bridgehead atoms. The van der Waals surface area contributed by atoms with Crippen LogP contribution in [0.2, 0.25) is 25.4 Å². The van der Waals surface area contributed by atoms with Crippen molar-refractivity contribution in [3.8, 4) is 0 Å². The van der Waals surface area contributed by atoms with Crippen LogP contribution in [-0.4, -0.2) is 28.7 Å². The van der Waals surface area contributed by atoms with Crippen molar-refractivity contribution in [2.75, 3.05) is 11.9 Å². The first-order valence-corrected chi connectivity index (χ1v) is 12.1. The summed E-state index contributed by atoms with van der Waals surface area (Å²) >= 11 is 28.8. The first-order chi connectivity index (χ1) is 18.0. The van der Waals surface area contributed by atoms with Gasteiger partial charge in [0.15, 0.2) is 16.1 Å². The lowest BCUT2D eigenvalue weighted by Gasteiger charge is -2.19. The van der Waals surface area contributed by atoms with Crippen LogP contribution in [0.5, 0.6) is 0 Å². The number of nitrogens with one attached hydrogen (secondary N) is 1. The van der Waals surface area contributed by atoms with E-state index in [1.54, 1.807) is 0 Å². The number of anilines is 1. The topological polar surface area (TPSA) is 54.9 Å². The summed E-state index contributed by atoms with van der Waals surface area (Å²) in [7, 11) is 0. The minimum atomic E-state index is -5.17. The average molecular weight is 656 g/mol. The van der Waals surface area contributed by atoms with Crippen LogP contribution >= 0.6 is 58.0 Å².